The largest absolute Gasteiger partial charge is 0.493 e. The molecule has 0 aliphatic heterocycles. The number of aromatic nitrogens is 2. The van der Waals surface area contributed by atoms with E-state index in [1.54, 1.807) is 20.4 Å². The number of amides is 1. The predicted octanol–water partition coefficient (Wildman–Crippen LogP) is 6.19. The van der Waals surface area contributed by atoms with Crippen molar-refractivity contribution in [3.05, 3.63) is 83.4 Å². The molecule has 5 rings (SSSR count). The molecule has 0 saturated heterocycles. The molecule has 3 N–H and O–H groups in total. The van der Waals surface area contributed by atoms with Gasteiger partial charge in [0.15, 0.2) is 11.5 Å². The van der Waals surface area contributed by atoms with Gasteiger partial charge >= 0.3 is 0 Å². The summed E-state index contributed by atoms with van der Waals surface area (Å²) in [4.78, 5) is 23.5. The zero-order valence-corrected chi connectivity index (χ0v) is 20.8. The number of ether oxygens (including phenoxy) is 2. The topological polar surface area (TPSA) is 99.4 Å². The first-order chi connectivity index (χ1) is 17.5. The molecular formula is C28H24N4O3S. The van der Waals surface area contributed by atoms with Crippen LogP contribution in [-0.4, -0.2) is 30.1 Å². The third kappa shape index (κ3) is 4.12. The number of para-hydroxylation sites is 1. The Labute approximate surface area is 212 Å². The van der Waals surface area contributed by atoms with Gasteiger partial charge in [0, 0.05) is 28.3 Å². The average Bonchev–Trinajstić information content (AvgIpc) is 3.25. The van der Waals surface area contributed by atoms with Gasteiger partial charge in [0.1, 0.15) is 15.5 Å². The SMILES string of the molecule is COc1cccc(-c2cc(-c3ccccc3)nc3sc(C(=O)Nc4ncccc4C)c(N)c23)c1OC. The molecule has 2 aromatic carbocycles. The first kappa shape index (κ1) is 23.3. The number of hydrogen-bond acceptors (Lipinski definition) is 7. The second kappa shape index (κ2) is 9.67. The number of carbonyl (C=O) groups is 1. The fourth-order valence-electron chi connectivity index (χ4n) is 4.14. The molecule has 0 unspecified atom stereocenters. The number of carbonyl (C=O) groups excluding carboxylic acids is 1. The van der Waals surface area contributed by atoms with Gasteiger partial charge in [-0.15, -0.1) is 11.3 Å². The molecule has 0 spiro atoms. The summed E-state index contributed by atoms with van der Waals surface area (Å²) in [5.74, 6) is 1.33. The summed E-state index contributed by atoms with van der Waals surface area (Å²) in [5, 5.41) is 3.57. The lowest BCUT2D eigenvalue weighted by Crippen LogP contribution is -2.13. The van der Waals surface area contributed by atoms with Gasteiger partial charge in [0.2, 0.25) is 0 Å². The van der Waals surface area contributed by atoms with Crippen molar-refractivity contribution in [2.75, 3.05) is 25.3 Å². The number of benzene rings is 2. The van der Waals surface area contributed by atoms with Crippen molar-refractivity contribution in [2.24, 2.45) is 0 Å². The van der Waals surface area contributed by atoms with Crippen LogP contribution in [0.2, 0.25) is 0 Å². The molecule has 3 heterocycles. The molecule has 0 aliphatic rings. The highest BCUT2D eigenvalue weighted by molar-refractivity contribution is 7.21. The Morgan fingerprint density at radius 1 is 0.972 bits per heavy atom. The van der Waals surface area contributed by atoms with Crippen molar-refractivity contribution in [3.8, 4) is 33.9 Å². The van der Waals surface area contributed by atoms with Crippen molar-refractivity contribution >= 4 is 39.0 Å². The van der Waals surface area contributed by atoms with Gasteiger partial charge in [-0.1, -0.05) is 48.5 Å². The molecule has 0 fully saturated rings. The number of aryl methyl sites for hydroxylation is 1. The highest BCUT2D eigenvalue weighted by Crippen LogP contribution is 2.46. The highest BCUT2D eigenvalue weighted by atomic mass is 32.1. The first-order valence-electron chi connectivity index (χ1n) is 11.2. The number of nitrogen functional groups attached to an aromatic ring is 1. The summed E-state index contributed by atoms with van der Waals surface area (Å²) in [6.07, 6.45) is 1.64. The quantitative estimate of drug-likeness (QED) is 0.291. The molecule has 8 heteroatoms. The van der Waals surface area contributed by atoms with E-state index in [2.05, 4.69) is 10.3 Å². The van der Waals surface area contributed by atoms with Gasteiger partial charge in [-0.3, -0.25) is 4.79 Å². The fraction of sp³-hybridized carbons (Fsp3) is 0.107. The average molecular weight is 497 g/mol. The molecule has 36 heavy (non-hydrogen) atoms. The normalized spacial score (nSPS) is 10.9. The van der Waals surface area contributed by atoms with Crippen molar-refractivity contribution in [1.29, 1.82) is 0 Å². The monoisotopic (exact) mass is 496 g/mol. The van der Waals surface area contributed by atoms with E-state index in [1.165, 1.54) is 11.3 Å². The number of nitrogens with two attached hydrogens (primary N) is 1. The summed E-state index contributed by atoms with van der Waals surface area (Å²) >= 11 is 1.25. The van der Waals surface area contributed by atoms with Crippen LogP contribution < -0.4 is 20.5 Å². The minimum Gasteiger partial charge on any atom is -0.493 e. The number of rotatable bonds is 6. The van der Waals surface area contributed by atoms with Crippen LogP contribution in [0.15, 0.2) is 72.9 Å². The number of nitrogens with zero attached hydrogens (tertiary/aromatic N) is 2. The number of thiophene rings is 1. The molecule has 7 nitrogen and oxygen atoms in total. The van der Waals surface area contributed by atoms with Crippen LogP contribution in [-0.2, 0) is 0 Å². The Hall–Kier alpha value is -4.43. The molecule has 1 amide bonds. The maximum Gasteiger partial charge on any atom is 0.269 e. The van der Waals surface area contributed by atoms with Gasteiger partial charge < -0.3 is 20.5 Å². The zero-order chi connectivity index (χ0) is 25.2. The number of nitrogens with one attached hydrogen (secondary N) is 1. The van der Waals surface area contributed by atoms with Gasteiger partial charge in [0.05, 0.1) is 25.6 Å². The Kier molecular flexibility index (Phi) is 6.26. The summed E-state index contributed by atoms with van der Waals surface area (Å²) in [6.45, 7) is 1.89. The molecule has 0 radical (unpaired) electrons. The molecule has 180 valence electrons. The zero-order valence-electron chi connectivity index (χ0n) is 20.0. The van der Waals surface area contributed by atoms with Crippen LogP contribution in [0, 0.1) is 6.92 Å². The number of methoxy groups -OCH3 is 2. The molecule has 5 aromatic rings. The second-order valence-corrected chi connectivity index (χ2v) is 9.11. The first-order valence-corrected chi connectivity index (χ1v) is 12.1. The van der Waals surface area contributed by atoms with Crippen LogP contribution in [0.3, 0.4) is 0 Å². The minimum atomic E-state index is -0.331. The van der Waals surface area contributed by atoms with E-state index in [0.717, 1.165) is 27.9 Å². The lowest BCUT2D eigenvalue weighted by atomic mass is 9.98. The maximum absolute atomic E-state index is 13.3. The number of anilines is 2. The maximum atomic E-state index is 13.3. The standard InChI is InChI=1S/C28H24N4O3S/c1-16-9-8-14-30-26(16)32-27(33)25-23(29)22-19(18-12-7-13-21(34-2)24(18)35-3)15-20(31-28(22)36-25)17-10-5-4-6-11-17/h4-15H,29H2,1-3H3,(H,30,32,33). The van der Waals surface area contributed by atoms with E-state index in [4.69, 9.17) is 20.2 Å². The van der Waals surface area contributed by atoms with Gasteiger partial charge in [-0.25, -0.2) is 9.97 Å². The number of hydrogen-bond donors (Lipinski definition) is 2. The van der Waals surface area contributed by atoms with Crippen molar-refractivity contribution in [1.82, 2.24) is 9.97 Å². The summed E-state index contributed by atoms with van der Waals surface area (Å²) < 4.78 is 11.3. The van der Waals surface area contributed by atoms with Crippen LogP contribution in [0.1, 0.15) is 15.2 Å². The van der Waals surface area contributed by atoms with Crippen molar-refractivity contribution < 1.29 is 14.3 Å². The summed E-state index contributed by atoms with van der Waals surface area (Å²) in [6, 6.07) is 21.2. The van der Waals surface area contributed by atoms with Crippen molar-refractivity contribution in [3.63, 3.8) is 0 Å². The second-order valence-electron chi connectivity index (χ2n) is 8.11. The Morgan fingerprint density at radius 2 is 1.78 bits per heavy atom. The molecule has 0 aliphatic carbocycles. The molecule has 0 bridgehead atoms. The molecule has 3 aromatic heterocycles. The molecular weight excluding hydrogens is 472 g/mol. The van der Waals surface area contributed by atoms with E-state index >= 15 is 0 Å². The lowest BCUT2D eigenvalue weighted by Gasteiger charge is -2.15. The van der Waals surface area contributed by atoms with E-state index < -0.39 is 0 Å². The minimum absolute atomic E-state index is 0.331. The van der Waals surface area contributed by atoms with Gasteiger partial charge in [-0.05, 0) is 30.7 Å². The van der Waals surface area contributed by atoms with Crippen LogP contribution in [0.4, 0.5) is 11.5 Å². The third-order valence-corrected chi connectivity index (χ3v) is 7.01. The fourth-order valence-corrected chi connectivity index (χ4v) is 5.15. The van der Waals surface area contributed by atoms with Crippen LogP contribution >= 0.6 is 11.3 Å². The predicted molar refractivity (Wildman–Crippen MR) is 145 cm³/mol. The van der Waals surface area contributed by atoms with Crippen LogP contribution in [0.5, 0.6) is 11.5 Å². The summed E-state index contributed by atoms with van der Waals surface area (Å²) in [5.41, 5.74) is 11.2. The molecule has 0 saturated carbocycles. The van der Waals surface area contributed by atoms with Gasteiger partial charge in [-0.2, -0.15) is 0 Å². The Balaban J connectivity index is 1.74. The van der Waals surface area contributed by atoms with Gasteiger partial charge in [0.25, 0.3) is 5.91 Å². The smallest absolute Gasteiger partial charge is 0.269 e. The van der Waals surface area contributed by atoms with E-state index in [0.29, 0.717) is 38.1 Å². The Bertz CT molecular complexity index is 1580. The van der Waals surface area contributed by atoms with E-state index in [1.807, 2.05) is 73.7 Å². The number of fused-ring (bicyclic) bond motifs is 1. The highest BCUT2D eigenvalue weighted by Gasteiger charge is 2.24. The lowest BCUT2D eigenvalue weighted by molar-refractivity contribution is 0.103. The molecule has 0 atom stereocenters. The number of pyridine rings is 2. The van der Waals surface area contributed by atoms with E-state index in [9.17, 15) is 4.79 Å². The third-order valence-electron chi connectivity index (χ3n) is 5.91. The van der Waals surface area contributed by atoms with Crippen LogP contribution in [0.25, 0.3) is 32.6 Å². The Morgan fingerprint density at radius 3 is 2.50 bits per heavy atom. The van der Waals surface area contributed by atoms with E-state index in [-0.39, 0.29) is 5.91 Å². The summed E-state index contributed by atoms with van der Waals surface area (Å²) in [7, 11) is 3.20. The van der Waals surface area contributed by atoms with Crippen molar-refractivity contribution in [2.45, 2.75) is 6.92 Å².